The van der Waals surface area contributed by atoms with Gasteiger partial charge in [0.15, 0.2) is 0 Å². The molecule has 0 N–H and O–H groups in total. The summed E-state index contributed by atoms with van der Waals surface area (Å²) in [5.41, 5.74) is 1.88. The fourth-order valence-electron chi connectivity index (χ4n) is 6.75. The van der Waals surface area contributed by atoms with E-state index in [1.54, 1.807) is 0 Å². The van der Waals surface area contributed by atoms with Crippen LogP contribution >= 0.6 is 0 Å². The summed E-state index contributed by atoms with van der Waals surface area (Å²) in [5, 5.41) is 11.8. The van der Waals surface area contributed by atoms with Gasteiger partial charge in [-0.15, -0.1) is 0 Å². The molecular formula is C25H32NO5-. The molecule has 1 aliphatic heterocycles. The minimum Gasteiger partial charge on any atom is -0.548 e. The van der Waals surface area contributed by atoms with Crippen molar-refractivity contribution in [1.29, 1.82) is 0 Å². The fourth-order valence-corrected chi connectivity index (χ4v) is 6.75. The van der Waals surface area contributed by atoms with Crippen LogP contribution in [0.3, 0.4) is 0 Å². The minimum absolute atomic E-state index is 0.0130. The van der Waals surface area contributed by atoms with Gasteiger partial charge in [-0.2, -0.15) is 0 Å². The van der Waals surface area contributed by atoms with Crippen molar-refractivity contribution < 1.29 is 24.2 Å². The second-order valence-corrected chi connectivity index (χ2v) is 10.3. The van der Waals surface area contributed by atoms with E-state index >= 15 is 0 Å². The Balaban J connectivity index is 1.28. The molecule has 31 heavy (non-hydrogen) atoms. The monoisotopic (exact) mass is 426 g/mol. The number of hydrogen-bond donors (Lipinski definition) is 0. The van der Waals surface area contributed by atoms with Gasteiger partial charge in [-0.25, -0.2) is 4.79 Å². The first kappa shape index (κ1) is 20.8. The molecule has 3 fully saturated rings. The van der Waals surface area contributed by atoms with E-state index in [9.17, 15) is 14.7 Å². The minimum atomic E-state index is -1.26. The van der Waals surface area contributed by atoms with Crippen molar-refractivity contribution in [3.63, 3.8) is 0 Å². The third-order valence-corrected chi connectivity index (χ3v) is 8.19. The highest BCUT2D eigenvalue weighted by molar-refractivity contribution is 5.80. The van der Waals surface area contributed by atoms with E-state index in [0.29, 0.717) is 5.92 Å². The summed E-state index contributed by atoms with van der Waals surface area (Å²) in [4.78, 5) is 26.1. The van der Waals surface area contributed by atoms with Crippen molar-refractivity contribution in [1.82, 2.24) is 4.90 Å². The largest absolute Gasteiger partial charge is 0.548 e. The lowest BCUT2D eigenvalue weighted by atomic mass is 9.80. The number of ether oxygens (including phenoxy) is 2. The van der Waals surface area contributed by atoms with Gasteiger partial charge in [0.1, 0.15) is 0 Å². The van der Waals surface area contributed by atoms with Gasteiger partial charge in [-0.1, -0.05) is 44.5 Å². The van der Waals surface area contributed by atoms with Crippen LogP contribution in [-0.4, -0.2) is 35.4 Å². The Labute approximate surface area is 183 Å². The molecule has 6 heteroatoms. The molecular weight excluding hydrogens is 394 g/mol. The molecule has 4 aliphatic rings. The average molecular weight is 427 g/mol. The van der Waals surface area contributed by atoms with Crippen LogP contribution in [0.2, 0.25) is 0 Å². The lowest BCUT2D eigenvalue weighted by molar-refractivity contribution is -0.311. The van der Waals surface area contributed by atoms with Crippen LogP contribution in [0.15, 0.2) is 24.3 Å². The summed E-state index contributed by atoms with van der Waals surface area (Å²) in [6.45, 7) is 4.16. The number of carbonyl (C=O) groups is 2. The molecule has 2 bridgehead atoms. The topological polar surface area (TPSA) is 78.9 Å². The van der Waals surface area contributed by atoms with E-state index in [-0.39, 0.29) is 25.0 Å². The van der Waals surface area contributed by atoms with E-state index in [4.69, 9.17) is 9.47 Å². The first-order valence-electron chi connectivity index (χ1n) is 11.8. The number of hydrogen-bond acceptors (Lipinski definition) is 5. The van der Waals surface area contributed by atoms with Gasteiger partial charge in [-0.05, 0) is 66.9 Å². The average Bonchev–Trinajstić information content (AvgIpc) is 3.45. The zero-order valence-electron chi connectivity index (χ0n) is 18.4. The second kappa shape index (κ2) is 8.12. The number of benzene rings is 1. The number of fused-ring (bicyclic) bond motifs is 6. The second-order valence-electron chi connectivity index (χ2n) is 10.3. The molecule has 7 unspecified atom stereocenters. The molecule has 5 rings (SSSR count). The normalized spacial score (nSPS) is 34.5. The first-order valence-corrected chi connectivity index (χ1v) is 11.8. The van der Waals surface area contributed by atoms with Gasteiger partial charge in [0.05, 0.1) is 18.1 Å². The van der Waals surface area contributed by atoms with Crippen LogP contribution in [0.25, 0.3) is 0 Å². The van der Waals surface area contributed by atoms with Gasteiger partial charge in [-0.3, -0.25) is 4.90 Å². The maximum Gasteiger partial charge on any atom is 0.412 e. The molecule has 168 valence electrons. The standard InChI is InChI=1S/C25H33NO5/c1-14(2)24(30-22-12-17-10-20(22)19-9-5-8-18(17)19)31-25(29)26-13-16-7-4-3-6-15(16)11-21(26)23(27)28/h3-4,6-7,14,17-22,24H,5,8-13H2,1-2H3,(H,27,28)/p-1. The third kappa shape index (κ3) is 3.73. The zero-order valence-corrected chi connectivity index (χ0v) is 18.4. The molecule has 0 radical (unpaired) electrons. The Morgan fingerprint density at radius 3 is 2.55 bits per heavy atom. The van der Waals surface area contributed by atoms with Crippen LogP contribution in [0.4, 0.5) is 4.79 Å². The molecule has 0 spiro atoms. The number of nitrogens with zero attached hydrogens (tertiary/aromatic N) is 1. The Morgan fingerprint density at radius 2 is 1.81 bits per heavy atom. The predicted octanol–water partition coefficient (Wildman–Crippen LogP) is 3.12. The summed E-state index contributed by atoms with van der Waals surface area (Å²) in [7, 11) is 0. The summed E-state index contributed by atoms with van der Waals surface area (Å²) in [6, 6.07) is 6.57. The number of aliphatic carboxylic acids is 1. The maximum absolute atomic E-state index is 13.1. The summed E-state index contributed by atoms with van der Waals surface area (Å²) in [5.74, 6) is 1.72. The van der Waals surface area contributed by atoms with E-state index in [1.807, 2.05) is 38.1 Å². The molecule has 0 saturated heterocycles. The van der Waals surface area contributed by atoms with Crippen molar-refractivity contribution in [2.45, 2.75) is 77.4 Å². The number of carboxylic acids is 1. The van der Waals surface area contributed by atoms with Crippen LogP contribution in [0.1, 0.15) is 57.1 Å². The third-order valence-electron chi connectivity index (χ3n) is 8.19. The fraction of sp³-hybridized carbons (Fsp3) is 0.680. The van der Waals surface area contributed by atoms with Gasteiger partial charge in [0.2, 0.25) is 6.29 Å². The molecule has 6 nitrogen and oxygen atoms in total. The van der Waals surface area contributed by atoms with Gasteiger partial charge < -0.3 is 19.4 Å². The maximum atomic E-state index is 13.1. The van der Waals surface area contributed by atoms with E-state index < -0.39 is 24.4 Å². The van der Waals surface area contributed by atoms with Crippen molar-refractivity contribution >= 4 is 12.1 Å². The van der Waals surface area contributed by atoms with Crippen molar-refractivity contribution in [2.24, 2.45) is 29.6 Å². The number of amides is 1. The zero-order chi connectivity index (χ0) is 21.7. The molecule has 1 aromatic carbocycles. The highest BCUT2D eigenvalue weighted by Gasteiger charge is 2.55. The van der Waals surface area contributed by atoms with Crippen LogP contribution < -0.4 is 5.11 Å². The van der Waals surface area contributed by atoms with E-state index in [0.717, 1.165) is 35.3 Å². The SMILES string of the molecule is CC(C)C(OC(=O)N1Cc2ccccc2CC1C(=O)[O-])OC1CC2CC1C1CCCC21. The summed E-state index contributed by atoms with van der Waals surface area (Å²) < 4.78 is 12.2. The van der Waals surface area contributed by atoms with E-state index in [2.05, 4.69) is 0 Å². The predicted molar refractivity (Wildman–Crippen MR) is 112 cm³/mol. The highest BCUT2D eigenvalue weighted by Crippen LogP contribution is 2.59. The lowest BCUT2D eigenvalue weighted by Gasteiger charge is -2.39. The molecule has 3 saturated carbocycles. The Bertz CT molecular complexity index is 854. The van der Waals surface area contributed by atoms with Crippen molar-refractivity contribution in [3.05, 3.63) is 35.4 Å². The lowest BCUT2D eigenvalue weighted by Crippen LogP contribution is -2.54. The molecule has 0 aromatic heterocycles. The number of carboxylic acid groups (broad SMARTS) is 1. The Morgan fingerprint density at radius 1 is 1.06 bits per heavy atom. The van der Waals surface area contributed by atoms with Crippen LogP contribution in [0, 0.1) is 29.6 Å². The van der Waals surface area contributed by atoms with Gasteiger partial charge >= 0.3 is 6.09 Å². The summed E-state index contributed by atoms with van der Waals surface area (Å²) in [6.07, 6.45) is 5.37. The Hall–Kier alpha value is -2.08. The quantitative estimate of drug-likeness (QED) is 0.676. The first-order chi connectivity index (χ1) is 14.9. The van der Waals surface area contributed by atoms with Crippen LogP contribution in [0.5, 0.6) is 0 Å². The molecule has 3 aliphatic carbocycles. The van der Waals surface area contributed by atoms with Crippen molar-refractivity contribution in [2.75, 3.05) is 0 Å². The summed E-state index contributed by atoms with van der Waals surface area (Å²) >= 11 is 0. The number of carbonyl (C=O) groups excluding carboxylic acids is 2. The van der Waals surface area contributed by atoms with Crippen molar-refractivity contribution in [3.8, 4) is 0 Å². The number of rotatable bonds is 5. The smallest absolute Gasteiger partial charge is 0.412 e. The van der Waals surface area contributed by atoms with Crippen LogP contribution in [-0.2, 0) is 27.2 Å². The molecule has 1 amide bonds. The molecule has 1 aromatic rings. The van der Waals surface area contributed by atoms with Gasteiger partial charge in [0.25, 0.3) is 0 Å². The molecule has 1 heterocycles. The van der Waals surface area contributed by atoms with Gasteiger partial charge in [0, 0.05) is 12.5 Å². The molecule has 7 atom stereocenters. The highest BCUT2D eigenvalue weighted by atomic mass is 16.7. The van der Waals surface area contributed by atoms with E-state index in [1.165, 1.54) is 30.6 Å². The Kier molecular flexibility index (Phi) is 5.45.